The molecule has 0 spiro atoms. The van der Waals surface area contributed by atoms with Crippen molar-refractivity contribution in [2.45, 2.75) is 26.4 Å². The lowest BCUT2D eigenvalue weighted by molar-refractivity contribution is 0.501. The van der Waals surface area contributed by atoms with E-state index < -0.39 is 11.6 Å². The predicted octanol–water partition coefficient (Wildman–Crippen LogP) is 4.19. The smallest absolute Gasteiger partial charge is 0.159 e. The Morgan fingerprint density at radius 3 is 2.56 bits per heavy atom. The zero-order chi connectivity index (χ0) is 13.1. The Labute approximate surface area is 109 Å². The molecule has 96 valence electrons. The second-order valence-corrected chi connectivity index (χ2v) is 5.66. The summed E-state index contributed by atoms with van der Waals surface area (Å²) in [5, 5.41) is 3.30. The van der Waals surface area contributed by atoms with Crippen LogP contribution in [0, 0.1) is 18.6 Å². The first-order valence-electron chi connectivity index (χ1n) is 5.80. The van der Waals surface area contributed by atoms with Gasteiger partial charge in [0, 0.05) is 22.3 Å². The molecule has 0 aliphatic rings. The molecule has 2 rings (SSSR count). The van der Waals surface area contributed by atoms with Crippen LogP contribution in [0.25, 0.3) is 0 Å². The zero-order valence-corrected chi connectivity index (χ0v) is 11.2. The summed E-state index contributed by atoms with van der Waals surface area (Å²) in [5.41, 5.74) is 0.752. The summed E-state index contributed by atoms with van der Waals surface area (Å²) >= 11 is 1.73. The van der Waals surface area contributed by atoms with E-state index in [1.165, 1.54) is 15.8 Å². The average Bonchev–Trinajstić information content (AvgIpc) is 2.75. The molecule has 2 aromatic rings. The van der Waals surface area contributed by atoms with Crippen LogP contribution in [0.3, 0.4) is 0 Å². The highest BCUT2D eigenvalue weighted by atomic mass is 32.1. The van der Waals surface area contributed by atoms with Crippen LogP contribution in [0.2, 0.25) is 0 Å². The van der Waals surface area contributed by atoms with Crippen LogP contribution in [0.15, 0.2) is 30.3 Å². The van der Waals surface area contributed by atoms with Gasteiger partial charge in [0.15, 0.2) is 11.6 Å². The SMILES string of the molecule is Cc1ccc(CNC(C)c2ccc(F)c(F)c2)s1. The van der Waals surface area contributed by atoms with Crippen molar-refractivity contribution in [2.24, 2.45) is 0 Å². The molecule has 0 radical (unpaired) electrons. The van der Waals surface area contributed by atoms with E-state index in [4.69, 9.17) is 0 Å². The van der Waals surface area contributed by atoms with Crippen molar-refractivity contribution in [1.29, 1.82) is 0 Å². The van der Waals surface area contributed by atoms with Crippen LogP contribution in [0.4, 0.5) is 8.78 Å². The maximum atomic E-state index is 13.1. The largest absolute Gasteiger partial charge is 0.305 e. The molecule has 0 aliphatic carbocycles. The molecule has 0 aliphatic heterocycles. The highest BCUT2D eigenvalue weighted by molar-refractivity contribution is 7.11. The Balaban J connectivity index is 1.99. The molecule has 1 N–H and O–H groups in total. The predicted molar refractivity (Wildman–Crippen MR) is 70.7 cm³/mol. The normalized spacial score (nSPS) is 12.7. The maximum absolute atomic E-state index is 13.1. The third kappa shape index (κ3) is 3.15. The summed E-state index contributed by atoms with van der Waals surface area (Å²) in [6, 6.07) is 8.15. The fourth-order valence-electron chi connectivity index (χ4n) is 1.73. The molecule has 0 saturated heterocycles. The molecule has 0 bridgehead atoms. The van der Waals surface area contributed by atoms with E-state index in [9.17, 15) is 8.78 Å². The van der Waals surface area contributed by atoms with Crippen LogP contribution in [-0.4, -0.2) is 0 Å². The third-order valence-corrected chi connectivity index (χ3v) is 3.82. The molecular formula is C14H15F2NS. The molecule has 0 saturated carbocycles. The Hall–Kier alpha value is -1.26. The van der Waals surface area contributed by atoms with Gasteiger partial charge in [0.05, 0.1) is 0 Å². The monoisotopic (exact) mass is 267 g/mol. The van der Waals surface area contributed by atoms with E-state index in [0.29, 0.717) is 0 Å². The topological polar surface area (TPSA) is 12.0 Å². The Morgan fingerprint density at radius 1 is 1.17 bits per heavy atom. The summed E-state index contributed by atoms with van der Waals surface area (Å²) in [6.45, 7) is 4.73. The first kappa shape index (κ1) is 13.2. The molecule has 1 unspecified atom stereocenters. The van der Waals surface area contributed by atoms with Crippen molar-refractivity contribution < 1.29 is 8.78 Å². The molecular weight excluding hydrogens is 252 g/mol. The van der Waals surface area contributed by atoms with Crippen LogP contribution >= 0.6 is 11.3 Å². The summed E-state index contributed by atoms with van der Waals surface area (Å²) in [6.07, 6.45) is 0. The van der Waals surface area contributed by atoms with E-state index in [-0.39, 0.29) is 6.04 Å². The quantitative estimate of drug-likeness (QED) is 0.876. The molecule has 1 nitrogen and oxygen atoms in total. The van der Waals surface area contributed by atoms with E-state index in [0.717, 1.165) is 18.2 Å². The second-order valence-electron chi connectivity index (χ2n) is 4.29. The fraction of sp³-hybridized carbons (Fsp3) is 0.286. The van der Waals surface area contributed by atoms with Gasteiger partial charge in [0.25, 0.3) is 0 Å². The van der Waals surface area contributed by atoms with Gasteiger partial charge in [-0.05, 0) is 43.7 Å². The molecule has 1 aromatic carbocycles. The van der Waals surface area contributed by atoms with Gasteiger partial charge < -0.3 is 5.32 Å². The number of rotatable bonds is 4. The van der Waals surface area contributed by atoms with Crippen molar-refractivity contribution in [3.05, 3.63) is 57.3 Å². The lowest BCUT2D eigenvalue weighted by Crippen LogP contribution is -2.17. The van der Waals surface area contributed by atoms with Crippen molar-refractivity contribution in [1.82, 2.24) is 5.32 Å². The second kappa shape index (κ2) is 5.59. The lowest BCUT2D eigenvalue weighted by atomic mass is 10.1. The van der Waals surface area contributed by atoms with E-state index in [2.05, 4.69) is 24.4 Å². The average molecular weight is 267 g/mol. The van der Waals surface area contributed by atoms with E-state index in [1.807, 2.05) is 6.92 Å². The van der Waals surface area contributed by atoms with Crippen molar-refractivity contribution in [2.75, 3.05) is 0 Å². The lowest BCUT2D eigenvalue weighted by Gasteiger charge is -2.13. The van der Waals surface area contributed by atoms with Crippen molar-refractivity contribution >= 4 is 11.3 Å². The number of aryl methyl sites for hydroxylation is 1. The number of benzene rings is 1. The highest BCUT2D eigenvalue weighted by Gasteiger charge is 2.09. The van der Waals surface area contributed by atoms with Crippen LogP contribution in [0.1, 0.15) is 28.3 Å². The van der Waals surface area contributed by atoms with Gasteiger partial charge in [-0.3, -0.25) is 0 Å². The number of thiophene rings is 1. The maximum Gasteiger partial charge on any atom is 0.159 e. The van der Waals surface area contributed by atoms with Gasteiger partial charge in [-0.1, -0.05) is 6.07 Å². The minimum Gasteiger partial charge on any atom is -0.305 e. The Kier molecular flexibility index (Phi) is 4.09. The summed E-state index contributed by atoms with van der Waals surface area (Å²) in [5.74, 6) is -1.60. The third-order valence-electron chi connectivity index (χ3n) is 2.82. The molecule has 1 atom stereocenters. The van der Waals surface area contributed by atoms with Gasteiger partial charge in [-0.15, -0.1) is 11.3 Å². The molecule has 4 heteroatoms. The van der Waals surface area contributed by atoms with Gasteiger partial charge in [0.2, 0.25) is 0 Å². The van der Waals surface area contributed by atoms with Crippen LogP contribution < -0.4 is 5.32 Å². The Bertz CT molecular complexity index is 536. The number of hydrogen-bond acceptors (Lipinski definition) is 2. The van der Waals surface area contributed by atoms with E-state index >= 15 is 0 Å². The molecule has 1 aromatic heterocycles. The summed E-state index contributed by atoms with van der Waals surface area (Å²) < 4.78 is 25.9. The van der Waals surface area contributed by atoms with Gasteiger partial charge >= 0.3 is 0 Å². The number of nitrogens with one attached hydrogen (secondary N) is 1. The molecule has 0 amide bonds. The summed E-state index contributed by atoms with van der Waals surface area (Å²) in [7, 11) is 0. The van der Waals surface area contributed by atoms with E-state index in [1.54, 1.807) is 17.4 Å². The van der Waals surface area contributed by atoms with Crippen molar-refractivity contribution in [3.8, 4) is 0 Å². The van der Waals surface area contributed by atoms with Crippen LogP contribution in [0.5, 0.6) is 0 Å². The van der Waals surface area contributed by atoms with Crippen molar-refractivity contribution in [3.63, 3.8) is 0 Å². The molecule has 0 fully saturated rings. The van der Waals surface area contributed by atoms with Gasteiger partial charge in [0.1, 0.15) is 0 Å². The highest BCUT2D eigenvalue weighted by Crippen LogP contribution is 2.19. The molecule has 1 heterocycles. The standard InChI is InChI=1S/C14H15F2NS/c1-9-3-5-12(18-9)8-17-10(2)11-4-6-13(15)14(16)7-11/h3-7,10,17H,8H2,1-2H3. The minimum atomic E-state index is -0.806. The number of halogens is 2. The first-order valence-corrected chi connectivity index (χ1v) is 6.61. The fourth-order valence-corrected chi connectivity index (χ4v) is 2.57. The number of hydrogen-bond donors (Lipinski definition) is 1. The van der Waals surface area contributed by atoms with Gasteiger partial charge in [-0.25, -0.2) is 8.78 Å². The first-order chi connectivity index (χ1) is 8.56. The minimum absolute atomic E-state index is 0.0116. The van der Waals surface area contributed by atoms with Gasteiger partial charge in [-0.2, -0.15) is 0 Å². The zero-order valence-electron chi connectivity index (χ0n) is 10.3. The Morgan fingerprint density at radius 2 is 1.94 bits per heavy atom. The van der Waals surface area contributed by atoms with Crippen LogP contribution in [-0.2, 0) is 6.54 Å². The summed E-state index contributed by atoms with van der Waals surface area (Å²) in [4.78, 5) is 2.51. The molecule has 18 heavy (non-hydrogen) atoms.